The highest BCUT2D eigenvalue weighted by Gasteiger charge is 2.22. The Bertz CT molecular complexity index is 1100. The van der Waals surface area contributed by atoms with E-state index in [1.54, 1.807) is 7.05 Å². The summed E-state index contributed by atoms with van der Waals surface area (Å²) in [4.78, 5) is 32.5. The second-order valence-corrected chi connectivity index (χ2v) is 7.94. The van der Waals surface area contributed by atoms with Gasteiger partial charge in [-0.1, -0.05) is 37.3 Å². The van der Waals surface area contributed by atoms with E-state index in [9.17, 15) is 9.59 Å². The average Bonchev–Trinajstić information content (AvgIpc) is 3.05. The molecule has 148 valence electrons. The van der Waals surface area contributed by atoms with Gasteiger partial charge >= 0.3 is 5.69 Å². The SMILES string of the molecule is CC1CCN(Cc2nc3c(c(=O)n(C)c(=O)n3C)n2Cc2ccccc2)CC1. The lowest BCUT2D eigenvalue weighted by molar-refractivity contribution is 0.180. The third-order valence-electron chi connectivity index (χ3n) is 5.85. The van der Waals surface area contributed by atoms with Gasteiger partial charge in [0.15, 0.2) is 11.2 Å². The van der Waals surface area contributed by atoms with Crippen molar-refractivity contribution in [3.63, 3.8) is 0 Å². The zero-order valence-corrected chi connectivity index (χ0v) is 16.8. The molecular formula is C21H27N5O2. The van der Waals surface area contributed by atoms with E-state index in [4.69, 9.17) is 4.98 Å². The Morgan fingerprint density at radius 2 is 1.68 bits per heavy atom. The summed E-state index contributed by atoms with van der Waals surface area (Å²) >= 11 is 0. The number of rotatable bonds is 4. The van der Waals surface area contributed by atoms with Gasteiger partial charge in [-0.2, -0.15) is 0 Å². The molecule has 0 amide bonds. The highest BCUT2D eigenvalue weighted by atomic mass is 16.2. The number of piperidine rings is 1. The smallest absolute Gasteiger partial charge is 0.317 e. The number of likely N-dealkylation sites (tertiary alicyclic amines) is 1. The maximum atomic E-state index is 12.9. The van der Waals surface area contributed by atoms with Gasteiger partial charge in [0.2, 0.25) is 0 Å². The van der Waals surface area contributed by atoms with E-state index < -0.39 is 0 Å². The number of hydrogen-bond acceptors (Lipinski definition) is 4. The van der Waals surface area contributed by atoms with Gasteiger partial charge in [-0.25, -0.2) is 9.78 Å². The Labute approximate surface area is 163 Å². The Morgan fingerprint density at radius 1 is 1.00 bits per heavy atom. The predicted octanol–water partition coefficient (Wildman–Crippen LogP) is 1.71. The number of imidazole rings is 1. The van der Waals surface area contributed by atoms with Gasteiger partial charge in [-0.15, -0.1) is 0 Å². The number of hydrogen-bond donors (Lipinski definition) is 0. The Balaban J connectivity index is 1.84. The van der Waals surface area contributed by atoms with E-state index in [1.165, 1.54) is 24.5 Å². The zero-order chi connectivity index (χ0) is 19.8. The average molecular weight is 381 g/mol. The fraction of sp³-hybridized carbons (Fsp3) is 0.476. The maximum absolute atomic E-state index is 12.9. The van der Waals surface area contributed by atoms with Crippen molar-refractivity contribution in [2.24, 2.45) is 20.0 Å². The summed E-state index contributed by atoms with van der Waals surface area (Å²) in [6, 6.07) is 10.1. The fourth-order valence-electron chi connectivity index (χ4n) is 3.97. The summed E-state index contributed by atoms with van der Waals surface area (Å²) < 4.78 is 4.63. The fourth-order valence-corrected chi connectivity index (χ4v) is 3.97. The van der Waals surface area contributed by atoms with Crippen LogP contribution in [0.15, 0.2) is 39.9 Å². The van der Waals surface area contributed by atoms with Crippen LogP contribution in [0.4, 0.5) is 0 Å². The van der Waals surface area contributed by atoms with E-state index in [2.05, 4.69) is 11.8 Å². The molecule has 28 heavy (non-hydrogen) atoms. The number of aromatic nitrogens is 4. The number of nitrogens with zero attached hydrogens (tertiary/aromatic N) is 5. The molecule has 0 N–H and O–H groups in total. The van der Waals surface area contributed by atoms with Crippen molar-refractivity contribution in [3.05, 3.63) is 62.6 Å². The van der Waals surface area contributed by atoms with Crippen LogP contribution in [0.1, 0.15) is 31.2 Å². The summed E-state index contributed by atoms with van der Waals surface area (Å²) in [6.45, 7) is 5.61. The normalized spacial score (nSPS) is 16.1. The Morgan fingerprint density at radius 3 is 2.36 bits per heavy atom. The lowest BCUT2D eigenvalue weighted by Gasteiger charge is -2.29. The van der Waals surface area contributed by atoms with E-state index in [1.807, 2.05) is 34.9 Å². The molecule has 0 aliphatic carbocycles. The van der Waals surface area contributed by atoms with Gasteiger partial charge in [0.25, 0.3) is 5.56 Å². The van der Waals surface area contributed by atoms with Crippen LogP contribution in [-0.2, 0) is 27.2 Å². The van der Waals surface area contributed by atoms with Crippen LogP contribution < -0.4 is 11.2 Å². The highest BCUT2D eigenvalue weighted by molar-refractivity contribution is 5.71. The lowest BCUT2D eigenvalue weighted by Crippen LogP contribution is -2.37. The topological polar surface area (TPSA) is 65.1 Å². The highest BCUT2D eigenvalue weighted by Crippen LogP contribution is 2.20. The van der Waals surface area contributed by atoms with Crippen molar-refractivity contribution in [2.75, 3.05) is 13.1 Å². The Hall–Kier alpha value is -2.67. The largest absolute Gasteiger partial charge is 0.332 e. The molecule has 1 aliphatic rings. The van der Waals surface area contributed by atoms with Crippen LogP contribution in [0.5, 0.6) is 0 Å². The van der Waals surface area contributed by atoms with Crippen molar-refractivity contribution in [2.45, 2.75) is 32.9 Å². The number of fused-ring (bicyclic) bond motifs is 1. The zero-order valence-electron chi connectivity index (χ0n) is 16.8. The molecule has 3 heterocycles. The van der Waals surface area contributed by atoms with Gasteiger partial charge in [0, 0.05) is 20.6 Å². The molecule has 1 saturated heterocycles. The van der Waals surface area contributed by atoms with Crippen LogP contribution in [0.25, 0.3) is 11.2 Å². The summed E-state index contributed by atoms with van der Waals surface area (Å²) in [5.41, 5.74) is 1.42. The van der Waals surface area contributed by atoms with E-state index in [0.717, 1.165) is 35.0 Å². The third kappa shape index (κ3) is 3.30. The van der Waals surface area contributed by atoms with E-state index >= 15 is 0 Å². The third-order valence-corrected chi connectivity index (χ3v) is 5.85. The predicted molar refractivity (Wildman–Crippen MR) is 109 cm³/mol. The minimum atomic E-state index is -0.347. The molecule has 0 radical (unpaired) electrons. The molecule has 1 aliphatic heterocycles. The van der Waals surface area contributed by atoms with Crippen molar-refractivity contribution in [1.29, 1.82) is 0 Å². The lowest BCUT2D eigenvalue weighted by atomic mass is 9.99. The van der Waals surface area contributed by atoms with Gasteiger partial charge in [-0.3, -0.25) is 18.8 Å². The monoisotopic (exact) mass is 381 g/mol. The summed E-state index contributed by atoms with van der Waals surface area (Å²) in [5, 5.41) is 0. The van der Waals surface area contributed by atoms with Gasteiger partial charge < -0.3 is 4.57 Å². The molecule has 0 spiro atoms. The van der Waals surface area contributed by atoms with Crippen molar-refractivity contribution < 1.29 is 0 Å². The second kappa shape index (κ2) is 7.39. The molecule has 7 heteroatoms. The first-order chi connectivity index (χ1) is 13.5. The van der Waals surface area contributed by atoms with Gasteiger partial charge in [-0.05, 0) is 37.4 Å². The molecular weight excluding hydrogens is 354 g/mol. The summed E-state index contributed by atoms with van der Waals surface area (Å²) in [7, 11) is 3.20. The number of benzene rings is 1. The van der Waals surface area contributed by atoms with Crippen molar-refractivity contribution in [1.82, 2.24) is 23.6 Å². The van der Waals surface area contributed by atoms with E-state index in [0.29, 0.717) is 24.3 Å². The van der Waals surface area contributed by atoms with Crippen LogP contribution >= 0.6 is 0 Å². The molecule has 7 nitrogen and oxygen atoms in total. The van der Waals surface area contributed by atoms with E-state index in [-0.39, 0.29) is 11.2 Å². The quantitative estimate of drug-likeness (QED) is 0.690. The molecule has 1 fully saturated rings. The summed E-state index contributed by atoms with van der Waals surface area (Å²) in [5.74, 6) is 1.60. The number of aryl methyl sites for hydroxylation is 1. The molecule has 3 aromatic rings. The van der Waals surface area contributed by atoms with Crippen LogP contribution in [0.2, 0.25) is 0 Å². The molecule has 0 unspecified atom stereocenters. The Kier molecular flexibility index (Phi) is 4.93. The van der Waals surface area contributed by atoms with Crippen molar-refractivity contribution >= 4 is 11.2 Å². The summed E-state index contributed by atoms with van der Waals surface area (Å²) in [6.07, 6.45) is 2.36. The molecule has 1 aromatic carbocycles. The molecule has 0 saturated carbocycles. The first-order valence-electron chi connectivity index (χ1n) is 9.87. The van der Waals surface area contributed by atoms with Gasteiger partial charge in [0.1, 0.15) is 5.82 Å². The maximum Gasteiger partial charge on any atom is 0.332 e. The standard InChI is InChI=1S/C21H27N5O2/c1-15-9-11-25(12-10-15)14-17-22-19-18(20(27)24(3)21(28)23(19)2)26(17)13-16-7-5-4-6-8-16/h4-8,15H,9-14H2,1-3H3. The van der Waals surface area contributed by atoms with Crippen LogP contribution in [0, 0.1) is 5.92 Å². The first-order valence-corrected chi connectivity index (χ1v) is 9.87. The second-order valence-electron chi connectivity index (χ2n) is 7.94. The van der Waals surface area contributed by atoms with Crippen LogP contribution in [-0.4, -0.2) is 36.7 Å². The van der Waals surface area contributed by atoms with Crippen molar-refractivity contribution in [3.8, 4) is 0 Å². The molecule has 4 rings (SSSR count). The molecule has 2 aromatic heterocycles. The van der Waals surface area contributed by atoms with Crippen LogP contribution in [0.3, 0.4) is 0 Å². The minimum Gasteiger partial charge on any atom is -0.317 e. The first kappa shape index (κ1) is 18.7. The molecule has 0 bridgehead atoms. The van der Waals surface area contributed by atoms with Gasteiger partial charge in [0.05, 0.1) is 6.54 Å². The minimum absolute atomic E-state index is 0.292. The molecule has 0 atom stereocenters.